The molecule has 6 heteroatoms. The van der Waals surface area contributed by atoms with Crippen LogP contribution >= 0.6 is 11.3 Å². The van der Waals surface area contributed by atoms with Gasteiger partial charge in [-0.3, -0.25) is 9.59 Å². The highest BCUT2D eigenvalue weighted by molar-refractivity contribution is 7.12. The van der Waals surface area contributed by atoms with Crippen LogP contribution in [0, 0.1) is 11.8 Å². The van der Waals surface area contributed by atoms with Crippen LogP contribution in [-0.4, -0.2) is 60.9 Å². The third-order valence-electron chi connectivity index (χ3n) is 4.45. The number of carbonyl (C=O) groups excluding carboxylic acids is 2. The van der Waals surface area contributed by atoms with Gasteiger partial charge in [-0.25, -0.2) is 0 Å². The van der Waals surface area contributed by atoms with Gasteiger partial charge in [0, 0.05) is 32.7 Å². The van der Waals surface area contributed by atoms with Crippen molar-refractivity contribution >= 4 is 23.2 Å². The van der Waals surface area contributed by atoms with E-state index in [0.717, 1.165) is 18.0 Å². The first-order valence-electron chi connectivity index (χ1n) is 7.49. The highest BCUT2D eigenvalue weighted by atomic mass is 32.1. The minimum Gasteiger partial charge on any atom is -0.339 e. The Balaban J connectivity index is 1.55. The molecule has 1 aromatic rings. The highest BCUT2D eigenvalue weighted by Gasteiger charge is 2.34. The molecule has 0 aromatic carbocycles. The molecule has 114 valence electrons. The van der Waals surface area contributed by atoms with Crippen LogP contribution in [-0.2, 0) is 4.79 Å². The predicted molar refractivity (Wildman–Crippen MR) is 82.3 cm³/mol. The molecule has 2 atom stereocenters. The molecule has 2 amide bonds. The number of piperazine rings is 1. The van der Waals surface area contributed by atoms with Gasteiger partial charge in [-0.1, -0.05) is 13.0 Å². The maximum absolute atomic E-state index is 12.5. The second kappa shape index (κ2) is 6.15. The average Bonchev–Trinajstić information content (AvgIpc) is 3.17. The highest BCUT2D eigenvalue weighted by Crippen LogP contribution is 2.20. The normalized spacial score (nSPS) is 26.1. The molecule has 3 rings (SSSR count). The molecule has 21 heavy (non-hydrogen) atoms. The van der Waals surface area contributed by atoms with Gasteiger partial charge in [-0.2, -0.15) is 0 Å². The zero-order valence-corrected chi connectivity index (χ0v) is 13.1. The van der Waals surface area contributed by atoms with Crippen LogP contribution in [0.4, 0.5) is 0 Å². The van der Waals surface area contributed by atoms with Crippen molar-refractivity contribution < 1.29 is 9.59 Å². The van der Waals surface area contributed by atoms with Crippen molar-refractivity contribution in [1.82, 2.24) is 15.1 Å². The number of nitrogens with one attached hydrogen (secondary N) is 1. The van der Waals surface area contributed by atoms with Crippen molar-refractivity contribution in [3.8, 4) is 0 Å². The summed E-state index contributed by atoms with van der Waals surface area (Å²) in [5.41, 5.74) is 0. The Bertz CT molecular complexity index is 509. The lowest BCUT2D eigenvalue weighted by Crippen LogP contribution is -2.52. The first kappa shape index (κ1) is 14.5. The fourth-order valence-electron chi connectivity index (χ4n) is 3.06. The Morgan fingerprint density at radius 3 is 2.48 bits per heavy atom. The second-order valence-corrected chi connectivity index (χ2v) is 6.78. The molecule has 0 spiro atoms. The standard InChI is InChI=1S/C15H21N3O2S/c1-11-9-16-10-12(11)14(19)17-4-6-18(7-5-17)15(20)13-3-2-8-21-13/h2-3,8,11-12,16H,4-7,9-10H2,1H3. The summed E-state index contributed by atoms with van der Waals surface area (Å²) < 4.78 is 0. The first-order valence-corrected chi connectivity index (χ1v) is 8.37. The van der Waals surface area contributed by atoms with Crippen molar-refractivity contribution in [2.24, 2.45) is 11.8 Å². The second-order valence-electron chi connectivity index (χ2n) is 5.84. The lowest BCUT2D eigenvalue weighted by atomic mass is 9.96. The minimum absolute atomic E-state index is 0.0907. The van der Waals surface area contributed by atoms with Crippen molar-refractivity contribution in [2.45, 2.75) is 6.92 Å². The number of hydrogen-bond donors (Lipinski definition) is 1. The Labute approximate surface area is 128 Å². The van der Waals surface area contributed by atoms with Gasteiger partial charge in [0.05, 0.1) is 10.8 Å². The maximum atomic E-state index is 12.5. The number of amides is 2. The molecule has 2 unspecified atom stereocenters. The van der Waals surface area contributed by atoms with E-state index in [9.17, 15) is 9.59 Å². The molecule has 5 nitrogen and oxygen atoms in total. The molecule has 3 heterocycles. The molecule has 1 N–H and O–H groups in total. The molecule has 1 aromatic heterocycles. The van der Waals surface area contributed by atoms with Crippen LogP contribution in [0.2, 0.25) is 0 Å². The number of hydrogen-bond acceptors (Lipinski definition) is 4. The van der Waals surface area contributed by atoms with Crippen molar-refractivity contribution in [3.63, 3.8) is 0 Å². The monoisotopic (exact) mass is 307 g/mol. The summed E-state index contributed by atoms with van der Waals surface area (Å²) in [6.45, 7) is 6.41. The molecule has 0 aliphatic carbocycles. The molecular weight excluding hydrogens is 286 g/mol. The van der Waals surface area contributed by atoms with Gasteiger partial charge in [-0.05, 0) is 23.9 Å². The summed E-state index contributed by atoms with van der Waals surface area (Å²) >= 11 is 1.47. The van der Waals surface area contributed by atoms with Gasteiger partial charge >= 0.3 is 0 Å². The van der Waals surface area contributed by atoms with Gasteiger partial charge in [0.15, 0.2) is 0 Å². The van der Waals surface area contributed by atoms with Crippen molar-refractivity contribution in [2.75, 3.05) is 39.3 Å². The zero-order valence-electron chi connectivity index (χ0n) is 12.2. The molecule has 2 aliphatic heterocycles. The van der Waals surface area contributed by atoms with Gasteiger partial charge in [0.2, 0.25) is 5.91 Å². The molecule has 2 aliphatic rings. The molecule has 0 bridgehead atoms. The van der Waals surface area contributed by atoms with E-state index < -0.39 is 0 Å². The number of thiophene rings is 1. The third-order valence-corrected chi connectivity index (χ3v) is 5.30. The Morgan fingerprint density at radius 2 is 1.90 bits per heavy atom. The topological polar surface area (TPSA) is 52.7 Å². The van der Waals surface area contributed by atoms with E-state index in [-0.39, 0.29) is 17.7 Å². The van der Waals surface area contributed by atoms with E-state index >= 15 is 0 Å². The van der Waals surface area contributed by atoms with Crippen LogP contribution < -0.4 is 5.32 Å². The Morgan fingerprint density at radius 1 is 1.19 bits per heavy atom. The van der Waals surface area contributed by atoms with Crippen LogP contribution in [0.15, 0.2) is 17.5 Å². The summed E-state index contributed by atoms with van der Waals surface area (Å²) in [4.78, 5) is 29.3. The van der Waals surface area contributed by atoms with Gasteiger partial charge < -0.3 is 15.1 Å². The molecule has 2 fully saturated rings. The summed E-state index contributed by atoms with van der Waals surface area (Å²) in [6, 6.07) is 3.75. The largest absolute Gasteiger partial charge is 0.339 e. The van der Waals surface area contributed by atoms with E-state index in [1.807, 2.05) is 27.3 Å². The Kier molecular flexibility index (Phi) is 4.26. The number of rotatable bonds is 2. The molecule has 0 radical (unpaired) electrons. The van der Waals surface area contributed by atoms with E-state index in [2.05, 4.69) is 12.2 Å². The van der Waals surface area contributed by atoms with Crippen LogP contribution in [0.5, 0.6) is 0 Å². The maximum Gasteiger partial charge on any atom is 0.264 e. The van der Waals surface area contributed by atoms with Crippen LogP contribution in [0.1, 0.15) is 16.6 Å². The molecular formula is C15H21N3O2S. The minimum atomic E-state index is 0.0907. The van der Waals surface area contributed by atoms with E-state index in [1.165, 1.54) is 11.3 Å². The smallest absolute Gasteiger partial charge is 0.264 e. The van der Waals surface area contributed by atoms with Gasteiger partial charge in [0.25, 0.3) is 5.91 Å². The van der Waals surface area contributed by atoms with Crippen LogP contribution in [0.25, 0.3) is 0 Å². The van der Waals surface area contributed by atoms with Crippen LogP contribution in [0.3, 0.4) is 0 Å². The van der Waals surface area contributed by atoms with Gasteiger partial charge in [-0.15, -0.1) is 11.3 Å². The Hall–Kier alpha value is -1.40. The number of nitrogens with zero attached hydrogens (tertiary/aromatic N) is 2. The van der Waals surface area contributed by atoms with Gasteiger partial charge in [0.1, 0.15) is 0 Å². The van der Waals surface area contributed by atoms with E-state index in [1.54, 1.807) is 0 Å². The van der Waals surface area contributed by atoms with Crippen molar-refractivity contribution in [3.05, 3.63) is 22.4 Å². The summed E-state index contributed by atoms with van der Waals surface area (Å²) in [5, 5.41) is 5.20. The quantitative estimate of drug-likeness (QED) is 0.883. The lowest BCUT2D eigenvalue weighted by Gasteiger charge is -2.36. The average molecular weight is 307 g/mol. The summed E-state index contributed by atoms with van der Waals surface area (Å²) in [5.74, 6) is 0.844. The first-order chi connectivity index (χ1) is 10.2. The third kappa shape index (κ3) is 2.96. The fraction of sp³-hybridized carbons (Fsp3) is 0.600. The number of carbonyl (C=O) groups is 2. The fourth-order valence-corrected chi connectivity index (χ4v) is 3.75. The van der Waals surface area contributed by atoms with E-state index in [0.29, 0.717) is 32.1 Å². The van der Waals surface area contributed by atoms with E-state index in [4.69, 9.17) is 0 Å². The molecule has 2 saturated heterocycles. The summed E-state index contributed by atoms with van der Waals surface area (Å²) in [6.07, 6.45) is 0. The SMILES string of the molecule is CC1CNCC1C(=O)N1CCN(C(=O)c2cccs2)CC1. The molecule has 0 saturated carbocycles. The summed E-state index contributed by atoms with van der Waals surface area (Å²) in [7, 11) is 0. The predicted octanol–water partition coefficient (Wildman–Crippen LogP) is 0.888. The van der Waals surface area contributed by atoms with Crippen molar-refractivity contribution in [1.29, 1.82) is 0 Å². The zero-order chi connectivity index (χ0) is 14.8. The lowest BCUT2D eigenvalue weighted by molar-refractivity contribution is -0.137.